The van der Waals surface area contributed by atoms with Crippen LogP contribution >= 0.6 is 11.8 Å². The molecule has 5 nitrogen and oxygen atoms in total. The molecular formula is C18H13NO4S. The minimum absolute atomic E-state index is 0.213. The molecule has 0 bridgehead atoms. The summed E-state index contributed by atoms with van der Waals surface area (Å²) in [7, 11) is 0. The fraction of sp³-hybridized carbons (Fsp3) is 0.0556. The van der Waals surface area contributed by atoms with Crippen LogP contribution in [0.4, 0.5) is 4.79 Å². The third-order valence-corrected chi connectivity index (χ3v) is 4.11. The Hall–Kier alpha value is -2.86. The SMILES string of the molecule is O=C1NC(=O)/C(=C\c2ccc(C(=O)OCc3ccccc3)cc2)S1. The molecule has 2 aromatic carbocycles. The monoisotopic (exact) mass is 339 g/mol. The van der Waals surface area contributed by atoms with Crippen LogP contribution in [0.2, 0.25) is 0 Å². The zero-order valence-electron chi connectivity index (χ0n) is 12.5. The molecule has 120 valence electrons. The summed E-state index contributed by atoms with van der Waals surface area (Å²) in [6.07, 6.45) is 1.60. The Bertz CT molecular complexity index is 813. The summed E-state index contributed by atoms with van der Waals surface area (Å²) in [5, 5.41) is 1.81. The maximum absolute atomic E-state index is 12.0. The molecule has 0 radical (unpaired) electrons. The summed E-state index contributed by atoms with van der Waals surface area (Å²) in [4.78, 5) is 35.0. The van der Waals surface area contributed by atoms with Crippen molar-refractivity contribution in [1.82, 2.24) is 5.32 Å². The lowest BCUT2D eigenvalue weighted by Gasteiger charge is -2.05. The summed E-state index contributed by atoms with van der Waals surface area (Å²) in [5.41, 5.74) is 2.07. The van der Waals surface area contributed by atoms with E-state index in [9.17, 15) is 14.4 Å². The normalized spacial score (nSPS) is 15.4. The highest BCUT2D eigenvalue weighted by Crippen LogP contribution is 2.25. The number of thioether (sulfide) groups is 1. The summed E-state index contributed by atoms with van der Waals surface area (Å²) in [6.45, 7) is 0.213. The summed E-state index contributed by atoms with van der Waals surface area (Å²) < 4.78 is 5.25. The van der Waals surface area contributed by atoms with Gasteiger partial charge in [0.05, 0.1) is 10.5 Å². The predicted octanol–water partition coefficient (Wildman–Crippen LogP) is 3.37. The van der Waals surface area contributed by atoms with Gasteiger partial charge in [-0.1, -0.05) is 42.5 Å². The first-order valence-corrected chi connectivity index (χ1v) is 7.99. The molecule has 1 N–H and O–H groups in total. The van der Waals surface area contributed by atoms with Crippen LogP contribution < -0.4 is 5.32 Å². The first-order chi connectivity index (χ1) is 11.6. The van der Waals surface area contributed by atoms with E-state index in [4.69, 9.17) is 4.74 Å². The van der Waals surface area contributed by atoms with E-state index in [2.05, 4.69) is 5.32 Å². The highest BCUT2D eigenvalue weighted by molar-refractivity contribution is 8.18. The number of benzene rings is 2. The number of ether oxygens (including phenoxy) is 1. The van der Waals surface area contributed by atoms with Crippen molar-refractivity contribution in [3.63, 3.8) is 0 Å². The number of rotatable bonds is 4. The van der Waals surface area contributed by atoms with Crippen molar-refractivity contribution in [2.75, 3.05) is 0 Å². The van der Waals surface area contributed by atoms with Gasteiger partial charge >= 0.3 is 5.97 Å². The maximum atomic E-state index is 12.0. The standard InChI is InChI=1S/C18H13NO4S/c20-16-15(24-18(22)19-16)10-12-6-8-14(9-7-12)17(21)23-11-13-4-2-1-3-5-13/h1-10H,11H2,(H,19,20,22)/b15-10+. The van der Waals surface area contributed by atoms with E-state index in [0.29, 0.717) is 10.5 Å². The van der Waals surface area contributed by atoms with Crippen molar-refractivity contribution in [3.05, 3.63) is 76.2 Å². The number of amides is 2. The quantitative estimate of drug-likeness (QED) is 0.683. The van der Waals surface area contributed by atoms with Gasteiger partial charge in [-0.05, 0) is 41.1 Å². The van der Waals surface area contributed by atoms with E-state index in [0.717, 1.165) is 22.9 Å². The second kappa shape index (κ2) is 7.14. The first-order valence-electron chi connectivity index (χ1n) is 7.18. The average molecular weight is 339 g/mol. The van der Waals surface area contributed by atoms with Gasteiger partial charge in [-0.15, -0.1) is 0 Å². The third kappa shape index (κ3) is 3.91. The molecular weight excluding hydrogens is 326 g/mol. The van der Waals surface area contributed by atoms with Crippen molar-refractivity contribution in [3.8, 4) is 0 Å². The van der Waals surface area contributed by atoms with Crippen molar-refractivity contribution in [1.29, 1.82) is 0 Å². The molecule has 0 atom stereocenters. The number of hydrogen-bond donors (Lipinski definition) is 1. The van der Waals surface area contributed by atoms with E-state index in [1.807, 2.05) is 30.3 Å². The second-order valence-corrected chi connectivity index (χ2v) is 6.05. The summed E-state index contributed by atoms with van der Waals surface area (Å²) in [5.74, 6) is -0.822. The van der Waals surface area contributed by atoms with Crippen LogP contribution in [0.5, 0.6) is 0 Å². The molecule has 1 aliphatic rings. The van der Waals surface area contributed by atoms with Gasteiger partial charge in [-0.2, -0.15) is 0 Å². The zero-order chi connectivity index (χ0) is 16.9. The van der Waals surface area contributed by atoms with Crippen molar-refractivity contribution in [2.24, 2.45) is 0 Å². The molecule has 24 heavy (non-hydrogen) atoms. The van der Waals surface area contributed by atoms with Crippen LogP contribution in [0.15, 0.2) is 59.5 Å². The summed E-state index contributed by atoms with van der Waals surface area (Å²) >= 11 is 0.855. The fourth-order valence-electron chi connectivity index (χ4n) is 2.09. The van der Waals surface area contributed by atoms with Crippen LogP contribution in [0.1, 0.15) is 21.5 Å². The van der Waals surface area contributed by atoms with Gasteiger partial charge in [0.25, 0.3) is 11.1 Å². The molecule has 1 fully saturated rings. The number of hydrogen-bond acceptors (Lipinski definition) is 5. The predicted molar refractivity (Wildman–Crippen MR) is 91.1 cm³/mol. The molecule has 1 aliphatic heterocycles. The number of esters is 1. The molecule has 1 saturated heterocycles. The average Bonchev–Trinajstić information content (AvgIpc) is 2.91. The molecule has 0 saturated carbocycles. The lowest BCUT2D eigenvalue weighted by atomic mass is 10.1. The number of carbonyl (C=O) groups excluding carboxylic acids is 3. The molecule has 0 unspecified atom stereocenters. The number of carbonyl (C=O) groups is 3. The van der Waals surface area contributed by atoms with E-state index < -0.39 is 11.9 Å². The lowest BCUT2D eigenvalue weighted by Crippen LogP contribution is -2.17. The minimum Gasteiger partial charge on any atom is -0.457 e. The van der Waals surface area contributed by atoms with Gasteiger partial charge in [-0.25, -0.2) is 4.79 Å². The van der Waals surface area contributed by atoms with E-state index >= 15 is 0 Å². The van der Waals surface area contributed by atoms with E-state index in [-0.39, 0.29) is 11.8 Å². The van der Waals surface area contributed by atoms with Gasteiger partial charge in [-0.3, -0.25) is 14.9 Å². The number of imide groups is 1. The summed E-state index contributed by atoms with van der Waals surface area (Å²) in [6, 6.07) is 16.1. The molecule has 3 rings (SSSR count). The largest absolute Gasteiger partial charge is 0.457 e. The molecule has 0 aliphatic carbocycles. The smallest absolute Gasteiger partial charge is 0.338 e. The molecule has 0 aromatic heterocycles. The fourth-order valence-corrected chi connectivity index (χ4v) is 2.78. The van der Waals surface area contributed by atoms with E-state index in [1.165, 1.54) is 0 Å². The van der Waals surface area contributed by atoms with Crippen LogP contribution in [0, 0.1) is 0 Å². The Morgan fingerprint density at radius 1 is 1.04 bits per heavy atom. The molecule has 6 heteroatoms. The second-order valence-electron chi connectivity index (χ2n) is 5.04. The van der Waals surface area contributed by atoms with Gasteiger partial charge in [0, 0.05) is 0 Å². The van der Waals surface area contributed by atoms with Crippen molar-refractivity contribution in [2.45, 2.75) is 6.61 Å². The van der Waals surface area contributed by atoms with Gasteiger partial charge in [0.15, 0.2) is 0 Å². The van der Waals surface area contributed by atoms with E-state index in [1.54, 1.807) is 30.3 Å². The Labute approximate surface area is 142 Å². The van der Waals surface area contributed by atoms with Crippen LogP contribution in [0.25, 0.3) is 6.08 Å². The number of nitrogens with one attached hydrogen (secondary N) is 1. The molecule has 1 heterocycles. The highest BCUT2D eigenvalue weighted by Gasteiger charge is 2.24. The Morgan fingerprint density at radius 3 is 2.38 bits per heavy atom. The van der Waals surface area contributed by atoms with Gasteiger partial charge in [0.1, 0.15) is 6.61 Å². The molecule has 2 amide bonds. The maximum Gasteiger partial charge on any atom is 0.338 e. The van der Waals surface area contributed by atoms with Gasteiger partial charge in [0.2, 0.25) is 0 Å². The zero-order valence-corrected chi connectivity index (χ0v) is 13.3. The Morgan fingerprint density at radius 2 is 1.75 bits per heavy atom. The first kappa shape index (κ1) is 16.0. The van der Waals surface area contributed by atoms with Crippen molar-refractivity contribution < 1.29 is 19.1 Å². The molecule has 0 spiro atoms. The Kier molecular flexibility index (Phi) is 4.77. The molecule has 2 aromatic rings. The Balaban J connectivity index is 1.64. The lowest BCUT2D eigenvalue weighted by molar-refractivity contribution is -0.115. The van der Waals surface area contributed by atoms with Crippen LogP contribution in [0.3, 0.4) is 0 Å². The van der Waals surface area contributed by atoms with Crippen LogP contribution in [-0.4, -0.2) is 17.1 Å². The van der Waals surface area contributed by atoms with Gasteiger partial charge < -0.3 is 4.74 Å². The topological polar surface area (TPSA) is 72.5 Å². The van der Waals surface area contributed by atoms with Crippen molar-refractivity contribution >= 4 is 35.0 Å². The minimum atomic E-state index is -0.416. The van der Waals surface area contributed by atoms with Crippen LogP contribution in [-0.2, 0) is 16.1 Å². The highest BCUT2D eigenvalue weighted by atomic mass is 32.2. The third-order valence-electron chi connectivity index (χ3n) is 3.30.